The minimum absolute atomic E-state index is 0.0328. The van der Waals surface area contributed by atoms with Crippen molar-refractivity contribution in [2.45, 2.75) is 54.0 Å². The van der Waals surface area contributed by atoms with Gasteiger partial charge in [-0.2, -0.15) is 4.98 Å². The van der Waals surface area contributed by atoms with Crippen molar-refractivity contribution in [1.82, 2.24) is 9.55 Å². The number of hydrogen-bond acceptors (Lipinski definition) is 5. The number of fused-ring (bicyclic) bond motifs is 5. The van der Waals surface area contributed by atoms with Crippen LogP contribution in [0.5, 0.6) is 0 Å². The lowest BCUT2D eigenvalue weighted by Crippen LogP contribution is -2.32. The van der Waals surface area contributed by atoms with Crippen molar-refractivity contribution in [3.8, 4) is 0 Å². The Morgan fingerprint density at radius 2 is 1.81 bits per heavy atom. The van der Waals surface area contributed by atoms with Crippen molar-refractivity contribution >= 4 is 45.1 Å². The Kier molecular flexibility index (Phi) is 5.40. The van der Waals surface area contributed by atoms with E-state index in [2.05, 4.69) is 71.1 Å². The summed E-state index contributed by atoms with van der Waals surface area (Å²) >= 11 is 5.51. The van der Waals surface area contributed by atoms with Gasteiger partial charge in [0.2, 0.25) is 0 Å². The predicted octanol–water partition coefficient (Wildman–Crippen LogP) is 6.50. The molecular weight excluding hydrogens is 453 g/mol. The van der Waals surface area contributed by atoms with Gasteiger partial charge in [0, 0.05) is 20.8 Å². The fourth-order valence-corrected chi connectivity index (χ4v) is 8.88. The molecule has 4 aromatic rings. The van der Waals surface area contributed by atoms with E-state index >= 15 is 0 Å². The largest absolute Gasteiger partial charge is 0.303 e. The van der Waals surface area contributed by atoms with Gasteiger partial charge in [-0.05, 0) is 55.9 Å². The van der Waals surface area contributed by atoms with Crippen LogP contribution in [0, 0.1) is 6.92 Å². The first-order valence-electron chi connectivity index (χ1n) is 11.2. The lowest BCUT2D eigenvalue weighted by molar-refractivity contribution is 0.526. The highest BCUT2D eigenvalue weighted by Crippen LogP contribution is 2.46. The van der Waals surface area contributed by atoms with E-state index in [0.29, 0.717) is 5.25 Å². The zero-order valence-electron chi connectivity index (χ0n) is 17.9. The maximum Gasteiger partial charge on any atom is 0.282 e. The molecule has 6 rings (SSSR count). The first-order valence-corrected chi connectivity index (χ1v) is 13.8. The van der Waals surface area contributed by atoms with Gasteiger partial charge in [-0.15, -0.1) is 23.1 Å². The Hall–Kier alpha value is -2.02. The zero-order valence-corrected chi connectivity index (χ0v) is 20.4. The smallest absolute Gasteiger partial charge is 0.282 e. The van der Waals surface area contributed by atoms with E-state index in [1.54, 1.807) is 11.8 Å². The normalized spacial score (nSPS) is 20.2. The van der Waals surface area contributed by atoms with Crippen molar-refractivity contribution in [2.24, 2.45) is 0 Å². The second-order valence-electron chi connectivity index (χ2n) is 8.60. The summed E-state index contributed by atoms with van der Waals surface area (Å²) in [7, 11) is 0. The fourth-order valence-electron chi connectivity index (χ4n) is 4.89. The van der Waals surface area contributed by atoms with E-state index in [1.807, 2.05) is 23.1 Å². The topological polar surface area (TPSA) is 34.9 Å². The SMILES string of the molecule is Cc1ccc(SC2CSc3nc(=O)c4c5c(sc4n3C2c2ccccc2)CCCC5)cc1. The van der Waals surface area contributed by atoms with Crippen LogP contribution in [0.15, 0.2) is 69.4 Å². The van der Waals surface area contributed by atoms with Crippen molar-refractivity contribution in [2.75, 3.05) is 5.75 Å². The molecule has 0 amide bonds. The Balaban J connectivity index is 1.54. The third-order valence-corrected chi connectivity index (χ3v) is 10.3. The zero-order chi connectivity index (χ0) is 21.7. The third kappa shape index (κ3) is 3.53. The number of thioether (sulfide) groups is 2. The summed E-state index contributed by atoms with van der Waals surface area (Å²) in [5.74, 6) is 0.932. The molecule has 1 aliphatic carbocycles. The van der Waals surface area contributed by atoms with Crippen LogP contribution >= 0.6 is 34.9 Å². The molecule has 2 aliphatic rings. The molecule has 3 nitrogen and oxygen atoms in total. The summed E-state index contributed by atoms with van der Waals surface area (Å²) in [5.41, 5.74) is 3.81. The number of benzene rings is 2. The van der Waals surface area contributed by atoms with E-state index in [0.717, 1.165) is 34.0 Å². The number of aromatic nitrogens is 2. The molecule has 162 valence electrons. The number of nitrogens with zero attached hydrogens (tertiary/aromatic N) is 2. The lowest BCUT2D eigenvalue weighted by Gasteiger charge is -2.35. The van der Waals surface area contributed by atoms with E-state index < -0.39 is 0 Å². The van der Waals surface area contributed by atoms with E-state index in [4.69, 9.17) is 0 Å². The first kappa shape index (κ1) is 20.6. The van der Waals surface area contributed by atoms with Gasteiger partial charge in [0.15, 0.2) is 5.16 Å². The minimum atomic E-state index is -0.0328. The van der Waals surface area contributed by atoms with Gasteiger partial charge in [-0.25, -0.2) is 0 Å². The molecule has 0 bridgehead atoms. The molecule has 0 N–H and O–H groups in total. The van der Waals surface area contributed by atoms with E-state index in [9.17, 15) is 4.79 Å². The summed E-state index contributed by atoms with van der Waals surface area (Å²) in [5, 5.41) is 2.11. The summed E-state index contributed by atoms with van der Waals surface area (Å²) in [6, 6.07) is 19.8. The van der Waals surface area contributed by atoms with Crippen LogP contribution in [-0.2, 0) is 12.8 Å². The molecule has 2 atom stereocenters. The van der Waals surface area contributed by atoms with E-state index in [1.165, 1.54) is 39.3 Å². The van der Waals surface area contributed by atoms with Crippen molar-refractivity contribution in [3.63, 3.8) is 0 Å². The van der Waals surface area contributed by atoms with Gasteiger partial charge in [0.25, 0.3) is 5.56 Å². The molecular formula is C26H24N2OS3. The monoisotopic (exact) mass is 476 g/mol. The number of hydrogen-bond donors (Lipinski definition) is 0. The molecule has 0 radical (unpaired) electrons. The Labute approximate surface area is 200 Å². The van der Waals surface area contributed by atoms with Gasteiger partial charge in [-0.3, -0.25) is 4.79 Å². The molecule has 0 spiro atoms. The quantitative estimate of drug-likeness (QED) is 0.316. The van der Waals surface area contributed by atoms with Crippen molar-refractivity contribution in [3.05, 3.63) is 86.5 Å². The van der Waals surface area contributed by atoms with Crippen LogP contribution in [0.2, 0.25) is 0 Å². The van der Waals surface area contributed by atoms with Crippen LogP contribution in [-0.4, -0.2) is 20.6 Å². The predicted molar refractivity (Wildman–Crippen MR) is 137 cm³/mol. The summed E-state index contributed by atoms with van der Waals surface area (Å²) in [4.78, 5) is 21.5. The maximum absolute atomic E-state index is 13.1. The van der Waals surface area contributed by atoms with Gasteiger partial charge in [0.1, 0.15) is 4.83 Å². The summed E-state index contributed by atoms with van der Waals surface area (Å²) < 4.78 is 2.40. The average molecular weight is 477 g/mol. The highest BCUT2D eigenvalue weighted by atomic mass is 32.2. The molecule has 0 fully saturated rings. The van der Waals surface area contributed by atoms with Crippen molar-refractivity contribution < 1.29 is 0 Å². The summed E-state index contributed by atoms with van der Waals surface area (Å²) in [6.45, 7) is 2.13. The molecule has 3 heterocycles. The number of thiophene rings is 1. The van der Waals surface area contributed by atoms with Crippen LogP contribution in [0.1, 0.15) is 40.5 Å². The highest BCUT2D eigenvalue weighted by Gasteiger charge is 2.35. The third-order valence-electron chi connectivity index (χ3n) is 6.45. The average Bonchev–Trinajstić information content (AvgIpc) is 3.22. The van der Waals surface area contributed by atoms with Crippen molar-refractivity contribution in [1.29, 1.82) is 0 Å². The lowest BCUT2D eigenvalue weighted by atomic mass is 9.97. The van der Waals surface area contributed by atoms with E-state index in [-0.39, 0.29) is 11.6 Å². The van der Waals surface area contributed by atoms with Gasteiger partial charge in [-0.1, -0.05) is 59.8 Å². The van der Waals surface area contributed by atoms with Gasteiger partial charge >= 0.3 is 0 Å². The minimum Gasteiger partial charge on any atom is -0.303 e. The first-order chi connectivity index (χ1) is 15.7. The molecule has 0 saturated heterocycles. The van der Waals surface area contributed by atoms with Gasteiger partial charge in [0.05, 0.1) is 11.4 Å². The molecule has 2 aromatic heterocycles. The van der Waals surface area contributed by atoms with Gasteiger partial charge < -0.3 is 4.57 Å². The maximum atomic E-state index is 13.1. The molecule has 2 unspecified atom stereocenters. The van der Waals surface area contributed by atoms with Crippen LogP contribution in [0.25, 0.3) is 10.2 Å². The molecule has 1 aliphatic heterocycles. The standard InChI is InChI=1S/C26H24N2OS3/c1-16-11-13-18(14-12-16)31-21-15-30-26-27-24(29)22-19-9-5-6-10-20(19)32-25(22)28(26)23(21)17-7-3-2-4-8-17/h2-4,7-8,11-14,21,23H,5-6,9-10,15H2,1H3. The van der Waals surface area contributed by atoms with Crippen LogP contribution in [0.4, 0.5) is 0 Å². The second-order valence-corrected chi connectivity index (χ2v) is 12.0. The number of rotatable bonds is 3. The second kappa shape index (κ2) is 8.40. The Bertz CT molecular complexity index is 1340. The molecule has 0 saturated carbocycles. The number of aryl methyl sites for hydroxylation is 3. The fraction of sp³-hybridized carbons (Fsp3) is 0.308. The summed E-state index contributed by atoms with van der Waals surface area (Å²) in [6.07, 6.45) is 4.49. The molecule has 32 heavy (non-hydrogen) atoms. The highest BCUT2D eigenvalue weighted by molar-refractivity contribution is 8.03. The van der Waals surface area contributed by atoms with Crippen LogP contribution < -0.4 is 5.56 Å². The Morgan fingerprint density at radius 3 is 2.62 bits per heavy atom. The Morgan fingerprint density at radius 1 is 1.03 bits per heavy atom. The molecule has 6 heteroatoms. The molecule has 2 aromatic carbocycles. The van der Waals surface area contributed by atoms with Crippen LogP contribution in [0.3, 0.4) is 0 Å².